The Morgan fingerprint density at radius 2 is 1.93 bits per heavy atom. The number of fused-ring (bicyclic) bond motifs is 1. The number of benzene rings is 2. The minimum atomic E-state index is -3.81. The summed E-state index contributed by atoms with van der Waals surface area (Å²) in [7, 11) is -1.88. The highest BCUT2D eigenvalue weighted by molar-refractivity contribution is 7.92. The van der Waals surface area contributed by atoms with Crippen molar-refractivity contribution in [3.8, 4) is 0 Å². The second-order valence-electron chi connectivity index (χ2n) is 7.18. The number of nitrogens with zero attached hydrogens (tertiary/aromatic N) is 1. The van der Waals surface area contributed by atoms with Crippen molar-refractivity contribution in [1.29, 1.82) is 0 Å². The van der Waals surface area contributed by atoms with E-state index >= 15 is 0 Å². The number of nitrogens with one attached hydrogen (secondary N) is 3. The van der Waals surface area contributed by atoms with E-state index in [4.69, 9.17) is 0 Å². The van der Waals surface area contributed by atoms with E-state index in [-0.39, 0.29) is 4.90 Å². The number of anilines is 2. The molecule has 2 aliphatic heterocycles. The van der Waals surface area contributed by atoms with Crippen molar-refractivity contribution in [3.05, 3.63) is 53.6 Å². The van der Waals surface area contributed by atoms with Crippen molar-refractivity contribution in [2.45, 2.75) is 23.8 Å². The maximum absolute atomic E-state index is 12.9. The fraction of sp³-hybridized carbons (Fsp3) is 0.263. The van der Waals surface area contributed by atoms with Crippen molar-refractivity contribution in [2.24, 2.45) is 0 Å². The summed E-state index contributed by atoms with van der Waals surface area (Å²) in [6.07, 6.45) is 0.897. The molecule has 1 fully saturated rings. The van der Waals surface area contributed by atoms with E-state index < -0.39 is 27.5 Å². The van der Waals surface area contributed by atoms with Gasteiger partial charge in [-0.15, -0.1) is 0 Å². The predicted octanol–water partition coefficient (Wildman–Crippen LogP) is 1.53. The van der Waals surface area contributed by atoms with E-state index in [1.807, 2.05) is 18.0 Å². The molecule has 3 amide bonds. The molecule has 0 aliphatic carbocycles. The number of likely N-dealkylation sites (N-methyl/N-ethyl adjacent to an activating group) is 1. The quantitative estimate of drug-likeness (QED) is 0.675. The number of urea groups is 1. The number of hydrogen-bond donors (Lipinski definition) is 3. The number of imide groups is 1. The average molecular weight is 400 g/mol. The van der Waals surface area contributed by atoms with Crippen LogP contribution >= 0.6 is 0 Å². The van der Waals surface area contributed by atoms with E-state index in [0.29, 0.717) is 11.3 Å². The van der Waals surface area contributed by atoms with Crippen LogP contribution in [-0.4, -0.2) is 33.9 Å². The number of rotatable bonds is 4. The van der Waals surface area contributed by atoms with Gasteiger partial charge in [-0.1, -0.05) is 18.2 Å². The SMILES string of the molecule is CN1CCc2ccc(S(=O)(=O)Nc3cccc(C4(C)NC(=O)NC4=O)c3)cc21. The fourth-order valence-electron chi connectivity index (χ4n) is 3.54. The van der Waals surface area contributed by atoms with Gasteiger partial charge in [0.2, 0.25) is 0 Å². The number of hydrogen-bond acceptors (Lipinski definition) is 5. The lowest BCUT2D eigenvalue weighted by molar-refractivity contribution is -0.123. The molecule has 0 spiro atoms. The lowest BCUT2D eigenvalue weighted by atomic mass is 9.92. The van der Waals surface area contributed by atoms with Crippen LogP contribution in [-0.2, 0) is 26.8 Å². The first-order valence-electron chi connectivity index (χ1n) is 8.80. The van der Waals surface area contributed by atoms with Gasteiger partial charge in [0.05, 0.1) is 4.90 Å². The molecule has 0 radical (unpaired) electrons. The second kappa shape index (κ2) is 6.23. The van der Waals surface area contributed by atoms with Crippen molar-refractivity contribution < 1.29 is 18.0 Å². The molecule has 0 saturated carbocycles. The van der Waals surface area contributed by atoms with Gasteiger partial charge in [-0.2, -0.15) is 0 Å². The third-order valence-corrected chi connectivity index (χ3v) is 6.61. The molecular weight excluding hydrogens is 380 g/mol. The second-order valence-corrected chi connectivity index (χ2v) is 8.86. The number of carbonyl (C=O) groups is 2. The van der Waals surface area contributed by atoms with Gasteiger partial charge in [0.25, 0.3) is 15.9 Å². The molecule has 2 aliphatic rings. The highest BCUT2D eigenvalue weighted by Gasteiger charge is 2.43. The summed E-state index contributed by atoms with van der Waals surface area (Å²) in [6.45, 7) is 2.43. The Morgan fingerprint density at radius 1 is 1.14 bits per heavy atom. The minimum Gasteiger partial charge on any atom is -0.374 e. The molecule has 3 N–H and O–H groups in total. The standard InChI is InChI=1S/C19H20N4O4S/c1-19(17(24)20-18(25)21-19)13-4-3-5-14(10-13)22-28(26,27)15-7-6-12-8-9-23(2)16(12)11-15/h3-7,10-11,22H,8-9H2,1-2H3,(H2,20,21,24,25). The maximum atomic E-state index is 12.9. The Labute approximate surface area is 163 Å². The zero-order valence-corrected chi connectivity index (χ0v) is 16.3. The Balaban J connectivity index is 1.64. The molecule has 0 aromatic heterocycles. The Kier molecular flexibility index (Phi) is 4.07. The summed E-state index contributed by atoms with van der Waals surface area (Å²) in [4.78, 5) is 25.8. The van der Waals surface area contributed by atoms with Crippen LogP contribution in [0.1, 0.15) is 18.1 Å². The predicted molar refractivity (Wildman–Crippen MR) is 105 cm³/mol. The Morgan fingerprint density at radius 3 is 2.64 bits per heavy atom. The van der Waals surface area contributed by atoms with Crippen LogP contribution in [0.15, 0.2) is 47.4 Å². The minimum absolute atomic E-state index is 0.170. The van der Waals surface area contributed by atoms with Gasteiger partial charge in [-0.3, -0.25) is 14.8 Å². The van der Waals surface area contributed by atoms with Crippen LogP contribution in [0, 0.1) is 0 Å². The molecular formula is C19H20N4O4S. The zero-order valence-electron chi connectivity index (χ0n) is 15.4. The van der Waals surface area contributed by atoms with Crippen molar-refractivity contribution in [3.63, 3.8) is 0 Å². The lowest BCUT2D eigenvalue weighted by Gasteiger charge is -2.22. The molecule has 1 unspecified atom stereocenters. The van der Waals surface area contributed by atoms with Crippen LogP contribution in [0.5, 0.6) is 0 Å². The van der Waals surface area contributed by atoms with Crippen LogP contribution < -0.4 is 20.3 Å². The van der Waals surface area contributed by atoms with Gasteiger partial charge in [-0.05, 0) is 48.7 Å². The summed E-state index contributed by atoms with van der Waals surface area (Å²) >= 11 is 0. The van der Waals surface area contributed by atoms with Crippen LogP contribution in [0.3, 0.4) is 0 Å². The molecule has 146 valence electrons. The molecule has 2 aromatic rings. The van der Waals surface area contributed by atoms with Crippen LogP contribution in [0.2, 0.25) is 0 Å². The molecule has 8 nitrogen and oxygen atoms in total. The van der Waals surface area contributed by atoms with Gasteiger partial charge < -0.3 is 10.2 Å². The number of amides is 3. The fourth-order valence-corrected chi connectivity index (χ4v) is 4.61. The van der Waals surface area contributed by atoms with E-state index in [1.165, 1.54) is 0 Å². The third-order valence-electron chi connectivity index (χ3n) is 5.23. The summed E-state index contributed by atoms with van der Waals surface area (Å²) in [5.74, 6) is -0.487. The van der Waals surface area contributed by atoms with E-state index in [9.17, 15) is 18.0 Å². The summed E-state index contributed by atoms with van der Waals surface area (Å²) in [5, 5.41) is 4.76. The van der Waals surface area contributed by atoms with E-state index in [2.05, 4.69) is 15.4 Å². The van der Waals surface area contributed by atoms with Crippen LogP contribution in [0.4, 0.5) is 16.2 Å². The first kappa shape index (κ1) is 18.3. The highest BCUT2D eigenvalue weighted by atomic mass is 32.2. The van der Waals surface area contributed by atoms with Crippen molar-refractivity contribution >= 4 is 33.3 Å². The van der Waals surface area contributed by atoms with Gasteiger partial charge in [-0.25, -0.2) is 13.2 Å². The topological polar surface area (TPSA) is 108 Å². The highest BCUT2D eigenvalue weighted by Crippen LogP contribution is 2.31. The molecule has 0 bridgehead atoms. The number of sulfonamides is 1. The Bertz CT molecular complexity index is 1100. The van der Waals surface area contributed by atoms with Gasteiger partial charge in [0.15, 0.2) is 0 Å². The normalized spacial score (nSPS) is 21.3. The smallest absolute Gasteiger partial charge is 0.322 e. The monoisotopic (exact) mass is 400 g/mol. The maximum Gasteiger partial charge on any atom is 0.322 e. The van der Waals surface area contributed by atoms with Crippen LogP contribution in [0.25, 0.3) is 0 Å². The summed E-state index contributed by atoms with van der Waals surface area (Å²) < 4.78 is 28.3. The van der Waals surface area contributed by atoms with Gasteiger partial charge in [0.1, 0.15) is 5.54 Å². The molecule has 4 rings (SSSR count). The summed E-state index contributed by atoms with van der Waals surface area (Å²) in [6, 6.07) is 10.9. The third kappa shape index (κ3) is 2.97. The molecule has 9 heteroatoms. The lowest BCUT2D eigenvalue weighted by Crippen LogP contribution is -2.40. The van der Waals surface area contributed by atoms with Crippen molar-refractivity contribution in [2.75, 3.05) is 23.2 Å². The largest absolute Gasteiger partial charge is 0.374 e. The van der Waals surface area contributed by atoms with E-state index in [0.717, 1.165) is 24.2 Å². The van der Waals surface area contributed by atoms with E-state index in [1.54, 1.807) is 43.3 Å². The first-order chi connectivity index (χ1) is 13.2. The average Bonchev–Trinajstić information content (AvgIpc) is 3.14. The zero-order chi connectivity index (χ0) is 20.1. The summed E-state index contributed by atoms with van der Waals surface area (Å²) in [5.41, 5.74) is 1.56. The molecule has 2 aromatic carbocycles. The molecule has 1 saturated heterocycles. The van der Waals surface area contributed by atoms with Gasteiger partial charge in [0, 0.05) is 25.0 Å². The van der Waals surface area contributed by atoms with Crippen molar-refractivity contribution in [1.82, 2.24) is 10.6 Å². The Hall–Kier alpha value is -3.07. The first-order valence-corrected chi connectivity index (χ1v) is 10.3. The molecule has 1 atom stereocenters. The van der Waals surface area contributed by atoms with Gasteiger partial charge >= 0.3 is 6.03 Å². The number of carbonyl (C=O) groups excluding carboxylic acids is 2. The molecule has 28 heavy (non-hydrogen) atoms. The molecule has 2 heterocycles.